The van der Waals surface area contributed by atoms with Crippen molar-refractivity contribution in [3.05, 3.63) is 35.9 Å². The lowest BCUT2D eigenvalue weighted by atomic mass is 10.1. The van der Waals surface area contributed by atoms with Crippen molar-refractivity contribution in [2.45, 2.75) is 65.7 Å². The van der Waals surface area contributed by atoms with Crippen LogP contribution in [0.2, 0.25) is 0 Å². The van der Waals surface area contributed by atoms with E-state index in [9.17, 15) is 4.57 Å². The number of benzene rings is 1. The van der Waals surface area contributed by atoms with Crippen LogP contribution in [-0.2, 0) is 18.3 Å². The maximum atomic E-state index is 13.9. The Bertz CT molecular complexity index is 988. The van der Waals surface area contributed by atoms with Crippen molar-refractivity contribution in [2.75, 3.05) is 0 Å². The van der Waals surface area contributed by atoms with Crippen LogP contribution in [0.5, 0.6) is 0 Å². The molecule has 0 aliphatic heterocycles. The number of rotatable bonds is 8. The predicted molar refractivity (Wildman–Crippen MR) is 107 cm³/mol. The molecule has 0 N–H and O–H groups in total. The van der Waals surface area contributed by atoms with E-state index in [2.05, 4.69) is 15.5 Å². The van der Waals surface area contributed by atoms with Crippen LogP contribution in [0.3, 0.4) is 0 Å². The predicted octanol–water partition coefficient (Wildman–Crippen LogP) is 4.74. The first-order valence-electron chi connectivity index (χ1n) is 9.43. The van der Waals surface area contributed by atoms with Gasteiger partial charge in [-0.2, -0.15) is 4.52 Å². The monoisotopic (exact) mass is 406 g/mol. The molecular formula is C19H27N4O4P. The summed E-state index contributed by atoms with van der Waals surface area (Å²) >= 11 is 0. The van der Waals surface area contributed by atoms with Gasteiger partial charge in [0.05, 0.1) is 23.8 Å². The van der Waals surface area contributed by atoms with Gasteiger partial charge in [0.15, 0.2) is 11.5 Å². The molecule has 0 bridgehead atoms. The molecule has 0 spiro atoms. The van der Waals surface area contributed by atoms with Gasteiger partial charge < -0.3 is 13.8 Å². The lowest BCUT2D eigenvalue weighted by Gasteiger charge is -2.31. The summed E-state index contributed by atoms with van der Waals surface area (Å²) < 4.78 is 33.4. The number of hydrogen-bond donors (Lipinski definition) is 0. The molecule has 0 aliphatic carbocycles. The average Bonchev–Trinajstić information content (AvgIpc) is 3.06. The molecule has 0 amide bonds. The number of pyridine rings is 1. The second-order valence-corrected chi connectivity index (χ2v) is 9.42. The highest BCUT2D eigenvalue weighted by Crippen LogP contribution is 2.64. The quantitative estimate of drug-likeness (QED) is 0.499. The van der Waals surface area contributed by atoms with Crippen LogP contribution in [-0.4, -0.2) is 38.4 Å². The summed E-state index contributed by atoms with van der Waals surface area (Å²) in [6.07, 6.45) is -0.759. The van der Waals surface area contributed by atoms with E-state index in [1.807, 2.05) is 71.9 Å². The normalized spacial score (nSPS) is 14.0. The first-order valence-corrected chi connectivity index (χ1v) is 11.0. The van der Waals surface area contributed by atoms with Crippen molar-refractivity contribution < 1.29 is 18.3 Å². The highest BCUT2D eigenvalue weighted by molar-refractivity contribution is 7.54. The van der Waals surface area contributed by atoms with Crippen LogP contribution < -0.4 is 0 Å². The zero-order valence-electron chi connectivity index (χ0n) is 17.1. The second-order valence-electron chi connectivity index (χ2n) is 7.45. The van der Waals surface area contributed by atoms with Crippen LogP contribution in [0.15, 0.2) is 30.3 Å². The third kappa shape index (κ3) is 4.25. The van der Waals surface area contributed by atoms with Crippen molar-refractivity contribution in [1.29, 1.82) is 0 Å². The minimum atomic E-state index is -3.65. The maximum Gasteiger partial charge on any atom is 0.364 e. The number of nitrogens with zero attached hydrogens (tertiary/aromatic N) is 4. The fourth-order valence-electron chi connectivity index (χ4n) is 3.08. The molecule has 3 rings (SSSR count). The molecule has 0 aliphatic rings. The molecule has 1 atom stereocenters. The van der Waals surface area contributed by atoms with Crippen LogP contribution in [0.1, 0.15) is 53.0 Å². The molecule has 0 saturated heterocycles. The molecule has 28 heavy (non-hydrogen) atoms. The first-order chi connectivity index (χ1) is 13.2. The molecular weight excluding hydrogens is 379 g/mol. The third-order valence-corrected chi connectivity index (χ3v) is 6.31. The first kappa shape index (κ1) is 20.9. The van der Waals surface area contributed by atoms with Gasteiger partial charge in [0, 0.05) is 10.9 Å². The molecule has 2 heterocycles. The van der Waals surface area contributed by atoms with Crippen molar-refractivity contribution >= 4 is 24.1 Å². The van der Waals surface area contributed by atoms with E-state index < -0.39 is 13.4 Å². The van der Waals surface area contributed by atoms with Crippen molar-refractivity contribution in [3.8, 4) is 0 Å². The van der Waals surface area contributed by atoms with E-state index >= 15 is 0 Å². The minimum Gasteiger partial charge on any atom is -0.358 e. The molecule has 0 fully saturated rings. The van der Waals surface area contributed by atoms with Crippen molar-refractivity contribution in [2.24, 2.45) is 0 Å². The lowest BCUT2D eigenvalue weighted by Crippen LogP contribution is -2.18. The standard InChI is InChI=1S/C19H27N4O4P/c1-12(2)25-19(28(24,26-13(3)4)27-14(5)6)16-8-7-9-17-15(16)10-11-18-20-21-22-23(17)18/h7-14,19H,1-6H3. The van der Waals surface area contributed by atoms with Gasteiger partial charge in [-0.05, 0) is 70.2 Å². The summed E-state index contributed by atoms with van der Waals surface area (Å²) in [7, 11) is -3.65. The van der Waals surface area contributed by atoms with E-state index in [0.717, 1.165) is 10.9 Å². The summed E-state index contributed by atoms with van der Waals surface area (Å²) in [6, 6.07) is 9.38. The number of fused-ring (bicyclic) bond motifs is 3. The van der Waals surface area contributed by atoms with E-state index in [0.29, 0.717) is 11.2 Å². The van der Waals surface area contributed by atoms with Crippen LogP contribution in [0.4, 0.5) is 0 Å². The van der Waals surface area contributed by atoms with Gasteiger partial charge in [0.25, 0.3) is 0 Å². The Labute approximate surface area is 164 Å². The van der Waals surface area contributed by atoms with Crippen molar-refractivity contribution in [1.82, 2.24) is 20.0 Å². The smallest absolute Gasteiger partial charge is 0.358 e. The minimum absolute atomic E-state index is 0.183. The van der Waals surface area contributed by atoms with E-state index in [1.54, 1.807) is 4.52 Å². The Kier molecular flexibility index (Phi) is 6.15. The Hall–Kier alpha value is -1.86. The molecule has 1 aromatic carbocycles. The summed E-state index contributed by atoms with van der Waals surface area (Å²) in [5.74, 6) is -0.880. The Morgan fingerprint density at radius 3 is 2.21 bits per heavy atom. The summed E-state index contributed by atoms with van der Waals surface area (Å²) in [5.41, 5.74) is 2.14. The maximum absolute atomic E-state index is 13.9. The number of aromatic nitrogens is 4. The fourth-order valence-corrected chi connectivity index (χ4v) is 5.48. The highest BCUT2D eigenvalue weighted by Gasteiger charge is 2.41. The Morgan fingerprint density at radius 2 is 1.61 bits per heavy atom. The molecule has 3 aromatic rings. The van der Waals surface area contributed by atoms with Gasteiger partial charge in [0.1, 0.15) is 0 Å². The molecule has 9 heteroatoms. The number of ether oxygens (including phenoxy) is 1. The highest BCUT2D eigenvalue weighted by atomic mass is 31.2. The molecule has 1 unspecified atom stereocenters. The van der Waals surface area contributed by atoms with E-state index in [1.165, 1.54) is 0 Å². The van der Waals surface area contributed by atoms with Crippen LogP contribution in [0, 0.1) is 0 Å². The summed E-state index contributed by atoms with van der Waals surface area (Å²) in [4.78, 5) is 0. The van der Waals surface area contributed by atoms with Gasteiger partial charge >= 0.3 is 7.60 Å². The lowest BCUT2D eigenvalue weighted by molar-refractivity contribution is 0.0182. The van der Waals surface area contributed by atoms with Gasteiger partial charge in [-0.3, -0.25) is 4.57 Å². The zero-order valence-corrected chi connectivity index (χ0v) is 18.0. The zero-order chi connectivity index (χ0) is 20.5. The second kappa shape index (κ2) is 8.25. The molecule has 152 valence electrons. The molecule has 0 saturated carbocycles. The molecule has 8 nitrogen and oxygen atoms in total. The van der Waals surface area contributed by atoms with Gasteiger partial charge in [-0.15, -0.1) is 5.10 Å². The topological polar surface area (TPSA) is 87.8 Å². The molecule has 0 radical (unpaired) electrons. The number of tetrazole rings is 1. The number of hydrogen-bond acceptors (Lipinski definition) is 7. The largest absolute Gasteiger partial charge is 0.364 e. The van der Waals surface area contributed by atoms with E-state index in [4.69, 9.17) is 13.8 Å². The fraction of sp³-hybridized carbons (Fsp3) is 0.526. The molecule has 2 aromatic heterocycles. The third-order valence-electron chi connectivity index (χ3n) is 3.91. The Morgan fingerprint density at radius 1 is 0.929 bits per heavy atom. The summed E-state index contributed by atoms with van der Waals surface area (Å²) in [5, 5.41) is 12.6. The Balaban J connectivity index is 2.22. The van der Waals surface area contributed by atoms with Gasteiger partial charge in [-0.25, -0.2) is 0 Å². The van der Waals surface area contributed by atoms with Crippen LogP contribution >= 0.6 is 7.60 Å². The average molecular weight is 406 g/mol. The van der Waals surface area contributed by atoms with Crippen LogP contribution in [0.25, 0.3) is 16.6 Å². The van der Waals surface area contributed by atoms with Crippen molar-refractivity contribution in [3.63, 3.8) is 0 Å². The van der Waals surface area contributed by atoms with E-state index in [-0.39, 0.29) is 18.3 Å². The van der Waals surface area contributed by atoms with Gasteiger partial charge in [0.2, 0.25) is 0 Å². The summed E-state index contributed by atoms with van der Waals surface area (Å²) in [6.45, 7) is 11.1. The SMILES string of the molecule is CC(C)OC(c1cccc2c1ccc1nnnn12)P(=O)(OC(C)C)OC(C)C. The van der Waals surface area contributed by atoms with Gasteiger partial charge in [-0.1, -0.05) is 12.1 Å².